The van der Waals surface area contributed by atoms with E-state index in [9.17, 15) is 9.59 Å². The fourth-order valence-electron chi connectivity index (χ4n) is 4.09. The molecule has 1 fully saturated rings. The van der Waals surface area contributed by atoms with Crippen LogP contribution in [0.25, 0.3) is 0 Å². The predicted molar refractivity (Wildman–Crippen MR) is 128 cm³/mol. The normalized spacial score (nSPS) is 14.5. The Morgan fingerprint density at radius 1 is 1.00 bits per heavy atom. The predicted octanol–water partition coefficient (Wildman–Crippen LogP) is 3.91. The maximum atomic E-state index is 12.9. The van der Waals surface area contributed by atoms with E-state index in [2.05, 4.69) is 26.6 Å². The van der Waals surface area contributed by atoms with Gasteiger partial charge in [-0.05, 0) is 74.0 Å². The first-order valence-corrected chi connectivity index (χ1v) is 11.1. The molecule has 0 spiro atoms. The molecule has 1 atom stereocenters. The van der Waals surface area contributed by atoms with Crippen molar-refractivity contribution in [1.29, 1.82) is 0 Å². The number of amides is 2. The minimum Gasteiger partial charge on any atom is -0.497 e. The summed E-state index contributed by atoms with van der Waals surface area (Å²) < 4.78 is 5.40. The molecule has 2 aromatic carbocycles. The number of carbonyl (C=O) groups is 2. The molecule has 4 rings (SSSR count). The van der Waals surface area contributed by atoms with E-state index < -0.39 is 0 Å². The maximum absolute atomic E-state index is 12.9. The van der Waals surface area contributed by atoms with Crippen molar-refractivity contribution in [3.05, 3.63) is 89.7 Å². The summed E-state index contributed by atoms with van der Waals surface area (Å²) >= 11 is 0. The van der Waals surface area contributed by atoms with E-state index in [4.69, 9.17) is 4.74 Å². The zero-order valence-corrected chi connectivity index (χ0v) is 18.7. The molecule has 1 aliphatic heterocycles. The summed E-state index contributed by atoms with van der Waals surface area (Å²) in [6.45, 7) is 2.50. The molecule has 7 heteroatoms. The second-order valence-electron chi connectivity index (χ2n) is 8.02. The number of hydrogen-bond donors (Lipinski definition) is 2. The maximum Gasteiger partial charge on any atom is 0.257 e. The van der Waals surface area contributed by atoms with Crippen LogP contribution >= 0.6 is 0 Å². The summed E-state index contributed by atoms with van der Waals surface area (Å²) in [6, 6.07) is 18.4. The summed E-state index contributed by atoms with van der Waals surface area (Å²) in [7, 11) is 1.66. The molecule has 0 saturated carbocycles. The highest BCUT2D eigenvalue weighted by atomic mass is 16.5. The minimum atomic E-state index is -0.271. The van der Waals surface area contributed by atoms with Gasteiger partial charge < -0.3 is 15.4 Å². The van der Waals surface area contributed by atoms with Gasteiger partial charge in [0, 0.05) is 30.2 Å². The third-order valence-corrected chi connectivity index (χ3v) is 5.82. The third-order valence-electron chi connectivity index (χ3n) is 5.82. The van der Waals surface area contributed by atoms with Gasteiger partial charge in [-0.15, -0.1) is 0 Å². The summed E-state index contributed by atoms with van der Waals surface area (Å²) in [5.41, 5.74) is 2.62. The Hall–Kier alpha value is -3.71. The lowest BCUT2D eigenvalue weighted by molar-refractivity contribution is 0.0936. The molecule has 2 amide bonds. The van der Waals surface area contributed by atoms with Crippen molar-refractivity contribution in [3.63, 3.8) is 0 Å². The molecular weight excluding hydrogens is 416 g/mol. The first-order valence-electron chi connectivity index (χ1n) is 11.1. The number of nitrogens with one attached hydrogen (secondary N) is 2. The van der Waals surface area contributed by atoms with E-state index in [1.807, 2.05) is 18.2 Å². The molecule has 1 unspecified atom stereocenters. The Labute approximate surface area is 193 Å². The van der Waals surface area contributed by atoms with Crippen molar-refractivity contribution < 1.29 is 14.3 Å². The van der Waals surface area contributed by atoms with Gasteiger partial charge in [-0.3, -0.25) is 19.5 Å². The number of ether oxygens (including phenoxy) is 1. The molecular formula is C26H28N4O3. The van der Waals surface area contributed by atoms with Gasteiger partial charge in [0.25, 0.3) is 11.8 Å². The number of benzene rings is 2. The van der Waals surface area contributed by atoms with Crippen LogP contribution in [-0.2, 0) is 0 Å². The molecule has 0 radical (unpaired) electrons. The Morgan fingerprint density at radius 2 is 1.79 bits per heavy atom. The van der Waals surface area contributed by atoms with Gasteiger partial charge in [-0.2, -0.15) is 0 Å². The Morgan fingerprint density at radius 3 is 2.55 bits per heavy atom. The zero-order valence-electron chi connectivity index (χ0n) is 18.7. The smallest absolute Gasteiger partial charge is 0.257 e. The Kier molecular flexibility index (Phi) is 7.32. The average molecular weight is 445 g/mol. The van der Waals surface area contributed by atoms with E-state index in [1.165, 1.54) is 6.20 Å². The lowest BCUT2D eigenvalue weighted by atomic mass is 10.0. The third kappa shape index (κ3) is 5.75. The van der Waals surface area contributed by atoms with Crippen LogP contribution in [0.3, 0.4) is 0 Å². The van der Waals surface area contributed by atoms with E-state index in [1.54, 1.807) is 49.7 Å². The van der Waals surface area contributed by atoms with Crippen LogP contribution in [-0.4, -0.2) is 48.4 Å². The number of rotatable bonds is 8. The quantitative estimate of drug-likeness (QED) is 0.550. The Bertz CT molecular complexity index is 1100. The highest BCUT2D eigenvalue weighted by Gasteiger charge is 2.24. The summed E-state index contributed by atoms with van der Waals surface area (Å²) in [5.74, 6) is 0.354. The fraction of sp³-hybridized carbons (Fsp3) is 0.269. The second kappa shape index (κ2) is 10.7. The van der Waals surface area contributed by atoms with Crippen LogP contribution in [0.15, 0.2) is 73.1 Å². The van der Waals surface area contributed by atoms with E-state index in [0.717, 1.165) is 37.2 Å². The number of pyridine rings is 1. The van der Waals surface area contributed by atoms with Gasteiger partial charge in [0.2, 0.25) is 0 Å². The van der Waals surface area contributed by atoms with E-state index in [-0.39, 0.29) is 17.9 Å². The summed E-state index contributed by atoms with van der Waals surface area (Å²) in [6.07, 6.45) is 5.44. The molecule has 3 aromatic rings. The number of methoxy groups -OCH3 is 1. The van der Waals surface area contributed by atoms with Crippen molar-refractivity contribution in [2.75, 3.05) is 32.1 Å². The second-order valence-corrected chi connectivity index (χ2v) is 8.02. The molecule has 2 heterocycles. The summed E-state index contributed by atoms with van der Waals surface area (Å²) in [5, 5.41) is 5.90. The van der Waals surface area contributed by atoms with Crippen LogP contribution in [0.4, 0.5) is 5.69 Å². The molecule has 1 aromatic heterocycles. The van der Waals surface area contributed by atoms with E-state index >= 15 is 0 Å². The fourth-order valence-corrected chi connectivity index (χ4v) is 4.09. The van der Waals surface area contributed by atoms with Crippen LogP contribution in [0.5, 0.6) is 5.75 Å². The lowest BCUT2D eigenvalue weighted by Gasteiger charge is -2.28. The molecule has 1 aliphatic rings. The first kappa shape index (κ1) is 22.5. The SMILES string of the molecule is COc1cccc(C(CNC(=O)c2cccc(NC(=O)c3cccnc3)c2)N2CCCC2)c1. The lowest BCUT2D eigenvalue weighted by Crippen LogP contribution is -2.36. The van der Waals surface area contributed by atoms with Gasteiger partial charge in [-0.1, -0.05) is 18.2 Å². The van der Waals surface area contributed by atoms with Crippen LogP contribution in [0.2, 0.25) is 0 Å². The number of likely N-dealkylation sites (tertiary alicyclic amines) is 1. The van der Waals surface area contributed by atoms with E-state index in [0.29, 0.717) is 23.4 Å². The molecule has 1 saturated heterocycles. The molecule has 170 valence electrons. The topological polar surface area (TPSA) is 83.6 Å². The first-order chi connectivity index (χ1) is 16.1. The molecule has 33 heavy (non-hydrogen) atoms. The highest BCUT2D eigenvalue weighted by Crippen LogP contribution is 2.27. The molecule has 2 N–H and O–H groups in total. The summed E-state index contributed by atoms with van der Waals surface area (Å²) in [4.78, 5) is 31.7. The van der Waals surface area contributed by atoms with Gasteiger partial charge >= 0.3 is 0 Å². The van der Waals surface area contributed by atoms with Crippen molar-refractivity contribution >= 4 is 17.5 Å². The average Bonchev–Trinajstić information content (AvgIpc) is 3.39. The van der Waals surface area contributed by atoms with Crippen LogP contribution in [0.1, 0.15) is 45.2 Å². The number of carbonyl (C=O) groups excluding carboxylic acids is 2. The van der Waals surface area contributed by atoms with Crippen molar-refractivity contribution in [2.24, 2.45) is 0 Å². The number of hydrogen-bond acceptors (Lipinski definition) is 5. The monoisotopic (exact) mass is 444 g/mol. The largest absolute Gasteiger partial charge is 0.497 e. The van der Waals surface area contributed by atoms with Crippen molar-refractivity contribution in [1.82, 2.24) is 15.2 Å². The molecule has 0 bridgehead atoms. The van der Waals surface area contributed by atoms with Crippen molar-refractivity contribution in [3.8, 4) is 5.75 Å². The van der Waals surface area contributed by atoms with Gasteiger partial charge in [-0.25, -0.2) is 0 Å². The Balaban J connectivity index is 1.44. The minimum absolute atomic E-state index is 0.0695. The van der Waals surface area contributed by atoms with Gasteiger partial charge in [0.1, 0.15) is 5.75 Å². The molecule has 7 nitrogen and oxygen atoms in total. The molecule has 0 aliphatic carbocycles. The van der Waals surface area contributed by atoms with Gasteiger partial charge in [0.05, 0.1) is 18.7 Å². The van der Waals surface area contributed by atoms with Crippen LogP contribution < -0.4 is 15.4 Å². The zero-order chi connectivity index (χ0) is 23.0. The standard InChI is InChI=1S/C26H28N4O3/c1-33-23-11-5-7-19(16-23)24(30-13-2-3-14-30)18-28-25(31)20-8-4-10-22(15-20)29-26(32)21-9-6-12-27-17-21/h4-12,15-17,24H,2-3,13-14,18H2,1H3,(H,28,31)(H,29,32). The number of aromatic nitrogens is 1. The van der Waals surface area contributed by atoms with Crippen LogP contribution in [0, 0.1) is 0 Å². The number of anilines is 1. The highest BCUT2D eigenvalue weighted by molar-refractivity contribution is 6.04. The van der Waals surface area contributed by atoms with Crippen molar-refractivity contribution in [2.45, 2.75) is 18.9 Å². The number of nitrogens with zero attached hydrogens (tertiary/aromatic N) is 2. The van der Waals surface area contributed by atoms with Gasteiger partial charge in [0.15, 0.2) is 0 Å².